The van der Waals surface area contributed by atoms with Crippen molar-refractivity contribution in [1.82, 2.24) is 9.97 Å². The molecule has 2 unspecified atom stereocenters. The zero-order chi connectivity index (χ0) is 11.5. The number of hydrogen-bond acceptors (Lipinski definition) is 5. The van der Waals surface area contributed by atoms with Crippen LogP contribution in [0.1, 0.15) is 13.3 Å². The lowest BCUT2D eigenvalue weighted by atomic mass is 10.3. The zero-order valence-electron chi connectivity index (χ0n) is 9.24. The fourth-order valence-electron chi connectivity index (χ4n) is 1.56. The Labute approximate surface area is 98.0 Å². The largest absolute Gasteiger partial charge is 0.377 e. The summed E-state index contributed by atoms with van der Waals surface area (Å²) >= 11 is 1.42. The van der Waals surface area contributed by atoms with Gasteiger partial charge in [0.2, 0.25) is 5.95 Å². The van der Waals surface area contributed by atoms with Gasteiger partial charge in [0.15, 0.2) is 5.82 Å². The smallest absolute Gasteiger partial charge is 0.223 e. The van der Waals surface area contributed by atoms with Crippen LogP contribution in [0.5, 0.6) is 0 Å². The maximum Gasteiger partial charge on any atom is 0.223 e. The van der Waals surface area contributed by atoms with E-state index in [1.165, 1.54) is 18.0 Å². The maximum atomic E-state index is 13.5. The first-order valence-corrected chi connectivity index (χ1v) is 6.07. The van der Waals surface area contributed by atoms with Crippen molar-refractivity contribution >= 4 is 17.7 Å². The number of ether oxygens (including phenoxy) is 1. The third kappa shape index (κ3) is 2.44. The van der Waals surface area contributed by atoms with E-state index < -0.39 is 0 Å². The van der Waals surface area contributed by atoms with Gasteiger partial charge in [-0.25, -0.2) is 14.4 Å². The van der Waals surface area contributed by atoms with E-state index in [2.05, 4.69) is 15.3 Å². The minimum atomic E-state index is -0.372. The van der Waals surface area contributed by atoms with E-state index in [1.807, 2.05) is 6.92 Å². The van der Waals surface area contributed by atoms with Crippen LogP contribution in [0, 0.1) is 5.82 Å². The van der Waals surface area contributed by atoms with Crippen molar-refractivity contribution < 1.29 is 9.13 Å². The first kappa shape index (κ1) is 11.6. The van der Waals surface area contributed by atoms with Gasteiger partial charge in [0.1, 0.15) is 5.03 Å². The second-order valence-corrected chi connectivity index (χ2v) is 4.85. The van der Waals surface area contributed by atoms with Crippen molar-refractivity contribution in [3.8, 4) is 0 Å². The Morgan fingerprint density at radius 3 is 3.06 bits per heavy atom. The Bertz CT molecular complexity index is 377. The first-order valence-electron chi connectivity index (χ1n) is 5.19. The molecule has 1 N–H and O–H groups in total. The molecule has 1 aromatic heterocycles. The topological polar surface area (TPSA) is 47.0 Å². The molecule has 16 heavy (non-hydrogen) atoms. The normalized spacial score (nSPS) is 24.7. The SMILES string of the molecule is CNc1ncc(F)c(SC2CCOC2C)n1. The van der Waals surface area contributed by atoms with Crippen molar-refractivity contribution in [3.05, 3.63) is 12.0 Å². The molecule has 0 saturated carbocycles. The van der Waals surface area contributed by atoms with Gasteiger partial charge < -0.3 is 10.1 Å². The van der Waals surface area contributed by atoms with Crippen LogP contribution in [0.2, 0.25) is 0 Å². The van der Waals surface area contributed by atoms with Crippen molar-refractivity contribution in [2.75, 3.05) is 19.0 Å². The Hall–Kier alpha value is -0.880. The lowest BCUT2D eigenvalue weighted by Gasteiger charge is -2.13. The van der Waals surface area contributed by atoms with Crippen molar-refractivity contribution in [2.24, 2.45) is 0 Å². The standard InChI is InChI=1S/C10H14FN3OS/c1-6-8(3-4-15-6)16-9-7(11)5-13-10(12-2)14-9/h5-6,8H,3-4H2,1-2H3,(H,12,13,14). The molecule has 0 amide bonds. The van der Waals surface area contributed by atoms with E-state index in [1.54, 1.807) is 7.05 Å². The van der Waals surface area contributed by atoms with Gasteiger partial charge >= 0.3 is 0 Å². The molecule has 1 fully saturated rings. The molecule has 1 aliphatic rings. The minimum absolute atomic E-state index is 0.150. The number of aromatic nitrogens is 2. The Morgan fingerprint density at radius 2 is 2.44 bits per heavy atom. The molecule has 88 valence electrons. The monoisotopic (exact) mass is 243 g/mol. The molecular formula is C10H14FN3OS. The fraction of sp³-hybridized carbons (Fsp3) is 0.600. The lowest BCUT2D eigenvalue weighted by molar-refractivity contribution is 0.127. The fourth-order valence-corrected chi connectivity index (χ4v) is 2.64. The van der Waals surface area contributed by atoms with E-state index in [0.29, 0.717) is 11.0 Å². The molecule has 0 aromatic carbocycles. The molecular weight excluding hydrogens is 229 g/mol. The molecule has 2 heterocycles. The average molecular weight is 243 g/mol. The Balaban J connectivity index is 2.13. The van der Waals surface area contributed by atoms with Crippen LogP contribution in [0.4, 0.5) is 10.3 Å². The first-order chi connectivity index (χ1) is 7.70. The van der Waals surface area contributed by atoms with E-state index in [-0.39, 0.29) is 17.2 Å². The van der Waals surface area contributed by atoms with Gasteiger partial charge in [0.25, 0.3) is 0 Å². The number of nitrogens with one attached hydrogen (secondary N) is 1. The number of halogens is 1. The molecule has 1 saturated heterocycles. The van der Waals surface area contributed by atoms with Crippen molar-refractivity contribution in [3.63, 3.8) is 0 Å². The Kier molecular flexibility index (Phi) is 3.60. The summed E-state index contributed by atoms with van der Waals surface area (Å²) in [6.45, 7) is 2.74. The Morgan fingerprint density at radius 1 is 1.62 bits per heavy atom. The number of anilines is 1. The maximum absolute atomic E-state index is 13.5. The van der Waals surface area contributed by atoms with Gasteiger partial charge in [-0.05, 0) is 13.3 Å². The highest BCUT2D eigenvalue weighted by molar-refractivity contribution is 7.99. The molecule has 0 spiro atoms. The molecule has 2 atom stereocenters. The van der Waals surface area contributed by atoms with Gasteiger partial charge in [-0.15, -0.1) is 0 Å². The zero-order valence-corrected chi connectivity index (χ0v) is 10.1. The van der Waals surface area contributed by atoms with Crippen molar-refractivity contribution in [2.45, 2.75) is 29.7 Å². The number of nitrogens with zero attached hydrogens (tertiary/aromatic N) is 2. The quantitative estimate of drug-likeness (QED) is 0.822. The van der Waals surface area contributed by atoms with E-state index in [0.717, 1.165) is 13.0 Å². The van der Waals surface area contributed by atoms with Crippen LogP contribution < -0.4 is 5.32 Å². The summed E-state index contributed by atoms with van der Waals surface area (Å²) in [7, 11) is 1.71. The highest BCUT2D eigenvalue weighted by atomic mass is 32.2. The highest BCUT2D eigenvalue weighted by Crippen LogP contribution is 2.32. The summed E-state index contributed by atoms with van der Waals surface area (Å²) in [6, 6.07) is 0. The summed E-state index contributed by atoms with van der Waals surface area (Å²) in [4.78, 5) is 7.91. The minimum Gasteiger partial charge on any atom is -0.377 e. The summed E-state index contributed by atoms with van der Waals surface area (Å²) in [5.74, 6) is 0.0681. The van der Waals surface area contributed by atoms with Crippen LogP contribution in [-0.4, -0.2) is 35.0 Å². The van der Waals surface area contributed by atoms with Crippen molar-refractivity contribution in [1.29, 1.82) is 0 Å². The molecule has 2 rings (SSSR count). The van der Waals surface area contributed by atoms with Gasteiger partial charge in [-0.1, -0.05) is 11.8 Å². The summed E-state index contributed by atoms with van der Waals surface area (Å²) in [5.41, 5.74) is 0. The molecule has 6 heteroatoms. The second kappa shape index (κ2) is 4.97. The molecule has 1 aliphatic heterocycles. The van der Waals surface area contributed by atoms with Gasteiger partial charge in [-0.2, -0.15) is 0 Å². The lowest BCUT2D eigenvalue weighted by Crippen LogP contribution is -2.14. The number of hydrogen-bond donors (Lipinski definition) is 1. The second-order valence-electron chi connectivity index (χ2n) is 3.62. The summed E-state index contributed by atoms with van der Waals surface area (Å²) < 4.78 is 18.9. The highest BCUT2D eigenvalue weighted by Gasteiger charge is 2.26. The van der Waals surface area contributed by atoms with Crippen LogP contribution in [-0.2, 0) is 4.74 Å². The van der Waals surface area contributed by atoms with E-state index in [9.17, 15) is 4.39 Å². The summed E-state index contributed by atoms with van der Waals surface area (Å²) in [5, 5.41) is 3.46. The van der Waals surface area contributed by atoms with Gasteiger partial charge in [-0.3, -0.25) is 0 Å². The third-order valence-electron chi connectivity index (χ3n) is 2.51. The molecule has 4 nitrogen and oxygen atoms in total. The average Bonchev–Trinajstić information content (AvgIpc) is 2.68. The molecule has 0 radical (unpaired) electrons. The van der Waals surface area contributed by atoms with Crippen LogP contribution in [0.15, 0.2) is 11.2 Å². The molecule has 1 aromatic rings. The van der Waals surface area contributed by atoms with Crippen LogP contribution >= 0.6 is 11.8 Å². The number of thioether (sulfide) groups is 1. The van der Waals surface area contributed by atoms with E-state index in [4.69, 9.17) is 4.74 Å². The summed E-state index contributed by atoms with van der Waals surface area (Å²) in [6.07, 6.45) is 2.28. The predicted molar refractivity (Wildman–Crippen MR) is 61.2 cm³/mol. The van der Waals surface area contributed by atoms with Crippen LogP contribution in [0.3, 0.4) is 0 Å². The van der Waals surface area contributed by atoms with Gasteiger partial charge in [0.05, 0.1) is 12.3 Å². The predicted octanol–water partition coefficient (Wildman–Crippen LogP) is 1.93. The molecule has 0 bridgehead atoms. The van der Waals surface area contributed by atoms with Gasteiger partial charge in [0, 0.05) is 18.9 Å². The van der Waals surface area contributed by atoms with E-state index >= 15 is 0 Å². The number of rotatable bonds is 3. The molecule has 0 aliphatic carbocycles. The van der Waals surface area contributed by atoms with Crippen LogP contribution in [0.25, 0.3) is 0 Å². The third-order valence-corrected chi connectivity index (χ3v) is 3.94.